The van der Waals surface area contributed by atoms with E-state index >= 15 is 0 Å². The molecule has 1 unspecified atom stereocenters. The molecule has 0 saturated carbocycles. The van der Waals surface area contributed by atoms with E-state index in [0.717, 1.165) is 6.04 Å². The highest BCUT2D eigenvalue weighted by atomic mass is 15.2. The Kier molecular flexibility index (Phi) is 2.21. The fourth-order valence-corrected chi connectivity index (χ4v) is 4.08. The van der Waals surface area contributed by atoms with E-state index in [1.807, 2.05) is 11.1 Å². The molecule has 0 aromatic heterocycles. The number of hydrogen-bond acceptors (Lipinski definition) is 1. The summed E-state index contributed by atoms with van der Waals surface area (Å²) in [6, 6.07) is 0.833. The van der Waals surface area contributed by atoms with Crippen molar-refractivity contribution in [3.63, 3.8) is 0 Å². The van der Waals surface area contributed by atoms with Crippen molar-refractivity contribution in [3.05, 3.63) is 11.1 Å². The van der Waals surface area contributed by atoms with Crippen molar-refractivity contribution in [1.29, 1.82) is 0 Å². The van der Waals surface area contributed by atoms with Crippen LogP contribution in [0.4, 0.5) is 0 Å². The summed E-state index contributed by atoms with van der Waals surface area (Å²) < 4.78 is 0. The van der Waals surface area contributed by atoms with E-state index in [0.29, 0.717) is 5.54 Å². The van der Waals surface area contributed by atoms with Gasteiger partial charge in [0.05, 0.1) is 0 Å². The third-order valence-corrected chi connectivity index (χ3v) is 4.71. The van der Waals surface area contributed by atoms with Crippen LogP contribution in [0.25, 0.3) is 0 Å². The van der Waals surface area contributed by atoms with E-state index in [4.69, 9.17) is 0 Å². The summed E-state index contributed by atoms with van der Waals surface area (Å²) in [6.07, 6.45) is 9.90. The summed E-state index contributed by atoms with van der Waals surface area (Å²) in [6.45, 7) is 6.25. The van der Waals surface area contributed by atoms with Crippen molar-refractivity contribution in [2.45, 2.75) is 70.4 Å². The van der Waals surface area contributed by atoms with Crippen LogP contribution in [0.5, 0.6) is 0 Å². The number of nitrogens with zero attached hydrogens (tertiary/aromatic N) is 1. The Labute approximate surface area is 93.5 Å². The molecule has 0 bridgehead atoms. The van der Waals surface area contributed by atoms with Gasteiger partial charge in [0.1, 0.15) is 0 Å². The molecule has 1 aliphatic carbocycles. The Hall–Kier alpha value is -0.300. The van der Waals surface area contributed by atoms with Gasteiger partial charge >= 0.3 is 0 Å². The van der Waals surface area contributed by atoms with Gasteiger partial charge in [0.25, 0.3) is 0 Å². The minimum Gasteiger partial charge on any atom is -0.291 e. The molecular formula is C14H23N. The molecule has 1 atom stereocenters. The van der Waals surface area contributed by atoms with Gasteiger partial charge in [-0.3, -0.25) is 4.90 Å². The standard InChI is InChI=1S/C14H23N/c1-14(2)10-11-6-5-7-12(11)13-8-3-4-9-15(13)14/h13H,3-10H2,1-2H3. The first-order valence-corrected chi connectivity index (χ1v) is 6.66. The minimum atomic E-state index is 0.439. The zero-order valence-corrected chi connectivity index (χ0v) is 10.2. The number of hydrogen-bond donors (Lipinski definition) is 0. The molecule has 0 radical (unpaired) electrons. The van der Waals surface area contributed by atoms with Crippen LogP contribution in [0.2, 0.25) is 0 Å². The van der Waals surface area contributed by atoms with E-state index in [1.54, 1.807) is 0 Å². The molecule has 0 aromatic rings. The quantitative estimate of drug-likeness (QED) is 0.547. The fourth-order valence-electron chi connectivity index (χ4n) is 4.08. The normalized spacial score (nSPS) is 35.2. The van der Waals surface area contributed by atoms with Crippen LogP contribution in [-0.2, 0) is 0 Å². The molecule has 1 fully saturated rings. The average Bonchev–Trinajstić information content (AvgIpc) is 2.65. The summed E-state index contributed by atoms with van der Waals surface area (Å²) >= 11 is 0. The Morgan fingerprint density at radius 1 is 1.13 bits per heavy atom. The molecule has 3 rings (SSSR count). The van der Waals surface area contributed by atoms with Gasteiger partial charge in [-0.15, -0.1) is 0 Å². The first kappa shape index (κ1) is 9.89. The van der Waals surface area contributed by atoms with Crippen LogP contribution in [0.15, 0.2) is 11.1 Å². The predicted octanol–water partition coefficient (Wildman–Crippen LogP) is 3.50. The third-order valence-electron chi connectivity index (χ3n) is 4.71. The molecule has 1 heteroatoms. The van der Waals surface area contributed by atoms with Gasteiger partial charge in [0.2, 0.25) is 0 Å². The van der Waals surface area contributed by atoms with E-state index in [1.165, 1.54) is 51.5 Å². The second kappa shape index (κ2) is 3.35. The van der Waals surface area contributed by atoms with Crippen LogP contribution < -0.4 is 0 Å². The molecule has 15 heavy (non-hydrogen) atoms. The lowest BCUT2D eigenvalue weighted by atomic mass is 9.79. The topological polar surface area (TPSA) is 3.24 Å². The largest absolute Gasteiger partial charge is 0.291 e. The molecule has 2 heterocycles. The number of piperidine rings is 1. The highest BCUT2D eigenvalue weighted by Crippen LogP contribution is 2.45. The molecule has 84 valence electrons. The molecule has 0 N–H and O–H groups in total. The smallest absolute Gasteiger partial charge is 0.0315 e. The molecule has 3 aliphatic rings. The molecule has 2 aliphatic heterocycles. The Morgan fingerprint density at radius 2 is 2.00 bits per heavy atom. The lowest BCUT2D eigenvalue weighted by molar-refractivity contribution is 0.0443. The van der Waals surface area contributed by atoms with Crippen LogP contribution in [0.1, 0.15) is 58.8 Å². The molecular weight excluding hydrogens is 182 g/mol. The monoisotopic (exact) mass is 205 g/mol. The van der Waals surface area contributed by atoms with Gasteiger partial charge in [-0.05, 0) is 58.9 Å². The van der Waals surface area contributed by atoms with Crippen LogP contribution >= 0.6 is 0 Å². The molecule has 1 saturated heterocycles. The summed E-state index contributed by atoms with van der Waals surface area (Å²) in [5.41, 5.74) is 4.13. The zero-order chi connectivity index (χ0) is 10.5. The lowest BCUT2D eigenvalue weighted by Crippen LogP contribution is -2.55. The van der Waals surface area contributed by atoms with Crippen molar-refractivity contribution < 1.29 is 0 Å². The van der Waals surface area contributed by atoms with Gasteiger partial charge < -0.3 is 0 Å². The van der Waals surface area contributed by atoms with Crippen molar-refractivity contribution >= 4 is 0 Å². The summed E-state index contributed by atoms with van der Waals surface area (Å²) in [5, 5.41) is 0. The maximum absolute atomic E-state index is 2.81. The molecule has 1 nitrogen and oxygen atoms in total. The summed E-state index contributed by atoms with van der Waals surface area (Å²) in [4.78, 5) is 2.81. The summed E-state index contributed by atoms with van der Waals surface area (Å²) in [5.74, 6) is 0. The van der Waals surface area contributed by atoms with E-state index in [-0.39, 0.29) is 0 Å². The van der Waals surface area contributed by atoms with Gasteiger partial charge in [-0.2, -0.15) is 0 Å². The predicted molar refractivity (Wildman–Crippen MR) is 63.9 cm³/mol. The van der Waals surface area contributed by atoms with Crippen molar-refractivity contribution in [2.24, 2.45) is 0 Å². The van der Waals surface area contributed by atoms with Crippen molar-refractivity contribution in [1.82, 2.24) is 4.90 Å². The minimum absolute atomic E-state index is 0.439. The second-order valence-electron chi connectivity index (χ2n) is 6.18. The van der Waals surface area contributed by atoms with Crippen LogP contribution in [0.3, 0.4) is 0 Å². The third kappa shape index (κ3) is 1.47. The first-order chi connectivity index (χ1) is 7.18. The van der Waals surface area contributed by atoms with Gasteiger partial charge in [-0.1, -0.05) is 17.6 Å². The molecule has 0 spiro atoms. The highest BCUT2D eigenvalue weighted by Gasteiger charge is 2.42. The van der Waals surface area contributed by atoms with E-state index < -0.39 is 0 Å². The summed E-state index contributed by atoms with van der Waals surface area (Å²) in [7, 11) is 0. The second-order valence-corrected chi connectivity index (χ2v) is 6.18. The van der Waals surface area contributed by atoms with Crippen LogP contribution in [-0.4, -0.2) is 23.0 Å². The van der Waals surface area contributed by atoms with Crippen molar-refractivity contribution in [3.8, 4) is 0 Å². The maximum atomic E-state index is 2.81. The number of rotatable bonds is 0. The highest BCUT2D eigenvalue weighted by molar-refractivity contribution is 5.31. The average molecular weight is 205 g/mol. The molecule has 0 amide bonds. The van der Waals surface area contributed by atoms with Crippen molar-refractivity contribution in [2.75, 3.05) is 6.54 Å². The fraction of sp³-hybridized carbons (Fsp3) is 0.857. The zero-order valence-electron chi connectivity index (χ0n) is 10.2. The first-order valence-electron chi connectivity index (χ1n) is 6.66. The maximum Gasteiger partial charge on any atom is 0.0315 e. The van der Waals surface area contributed by atoms with E-state index in [9.17, 15) is 0 Å². The lowest BCUT2D eigenvalue weighted by Gasteiger charge is -2.51. The van der Waals surface area contributed by atoms with Gasteiger partial charge in [0.15, 0.2) is 0 Å². The Morgan fingerprint density at radius 3 is 2.87 bits per heavy atom. The Balaban J connectivity index is 1.97. The van der Waals surface area contributed by atoms with Crippen LogP contribution in [0, 0.1) is 0 Å². The SMILES string of the molecule is CC1(C)CC2=C(CCC2)C2CCCCN21. The van der Waals surface area contributed by atoms with Gasteiger partial charge in [0, 0.05) is 11.6 Å². The molecule has 0 aromatic carbocycles. The van der Waals surface area contributed by atoms with E-state index in [2.05, 4.69) is 18.7 Å². The Bertz CT molecular complexity index is 300. The number of fused-ring (bicyclic) bond motifs is 2. The van der Waals surface area contributed by atoms with Gasteiger partial charge in [-0.25, -0.2) is 0 Å².